The summed E-state index contributed by atoms with van der Waals surface area (Å²) in [7, 11) is 0. The van der Waals surface area contributed by atoms with Gasteiger partial charge in [-0.3, -0.25) is 10.1 Å². The number of rotatable bonds is 3. The summed E-state index contributed by atoms with van der Waals surface area (Å²) in [5.74, 6) is -5.35. The normalized spacial score (nSPS) is 20.7. The Morgan fingerprint density at radius 3 is 2.64 bits per heavy atom. The molecule has 3 rings (SSSR count). The number of hydrogen-bond donors (Lipinski definition) is 2. The number of alkyl halides is 3. The molecule has 134 valence electrons. The van der Waals surface area contributed by atoms with Crippen LogP contribution in [0.1, 0.15) is 0 Å². The smallest absolute Gasteiger partial charge is 0.394 e. The Hall–Kier alpha value is -2.21. The van der Waals surface area contributed by atoms with E-state index in [9.17, 15) is 22.8 Å². The predicted octanol–water partition coefficient (Wildman–Crippen LogP) is 2.99. The van der Waals surface area contributed by atoms with Crippen molar-refractivity contribution in [2.75, 3.05) is 18.4 Å². The Bertz CT molecular complexity index is 778. The van der Waals surface area contributed by atoms with Gasteiger partial charge in [-0.05, 0) is 11.4 Å². The summed E-state index contributed by atoms with van der Waals surface area (Å²) >= 11 is 2.54. The number of likely N-dealkylation sites (tertiary alicyclic amines) is 1. The van der Waals surface area contributed by atoms with Gasteiger partial charge in [0.2, 0.25) is 5.13 Å². The maximum atomic E-state index is 13.0. The fourth-order valence-corrected chi connectivity index (χ4v) is 3.94. The molecule has 0 saturated carbocycles. The summed E-state index contributed by atoms with van der Waals surface area (Å²) in [5, 5.41) is 23.4. The van der Waals surface area contributed by atoms with E-state index in [2.05, 4.69) is 15.5 Å². The van der Waals surface area contributed by atoms with Crippen molar-refractivity contribution < 1.29 is 27.9 Å². The van der Waals surface area contributed by atoms with Crippen molar-refractivity contribution in [2.45, 2.75) is 6.18 Å². The van der Waals surface area contributed by atoms with Gasteiger partial charge in [-0.15, -0.1) is 10.2 Å². The summed E-state index contributed by atoms with van der Waals surface area (Å²) in [6.45, 7) is -1.22. The lowest BCUT2D eigenvalue weighted by atomic mass is 9.96. The molecule has 0 radical (unpaired) electrons. The van der Waals surface area contributed by atoms with Crippen LogP contribution in [0.25, 0.3) is 10.6 Å². The second-order valence-corrected chi connectivity index (χ2v) is 7.11. The largest absolute Gasteiger partial charge is 0.481 e. The van der Waals surface area contributed by atoms with Gasteiger partial charge in [0.05, 0.1) is 11.8 Å². The summed E-state index contributed by atoms with van der Waals surface area (Å²) in [6.07, 6.45) is -4.69. The predicted molar refractivity (Wildman–Crippen MR) is 84.5 cm³/mol. The average Bonchev–Trinajstić information content (AvgIpc) is 3.26. The fourth-order valence-electron chi connectivity index (χ4n) is 2.50. The van der Waals surface area contributed by atoms with E-state index in [1.165, 1.54) is 11.3 Å². The number of carbonyl (C=O) groups is 2. The van der Waals surface area contributed by atoms with E-state index >= 15 is 0 Å². The number of aliphatic carboxylic acids is 1. The van der Waals surface area contributed by atoms with Crippen molar-refractivity contribution in [3.05, 3.63) is 16.8 Å². The highest BCUT2D eigenvalue weighted by atomic mass is 32.1. The van der Waals surface area contributed by atoms with E-state index in [1.54, 1.807) is 0 Å². The second-order valence-electron chi connectivity index (χ2n) is 5.35. The van der Waals surface area contributed by atoms with E-state index in [1.807, 2.05) is 16.8 Å². The fraction of sp³-hybridized carbons (Fsp3) is 0.385. The first-order valence-electron chi connectivity index (χ1n) is 6.97. The van der Waals surface area contributed by atoms with Crippen LogP contribution < -0.4 is 5.32 Å². The SMILES string of the molecule is O=C(O)[C@@H]1CN(C(=O)Nc2nnc(-c3ccsc3)s2)C[C@H]1C(F)(F)F. The third-order valence-electron chi connectivity index (χ3n) is 3.75. The topological polar surface area (TPSA) is 95.4 Å². The molecule has 3 heterocycles. The molecule has 1 aliphatic heterocycles. The molecule has 1 fully saturated rings. The lowest BCUT2D eigenvalue weighted by molar-refractivity contribution is -0.187. The van der Waals surface area contributed by atoms with Crippen LogP contribution in [0.15, 0.2) is 16.8 Å². The first-order chi connectivity index (χ1) is 11.8. The molecule has 25 heavy (non-hydrogen) atoms. The van der Waals surface area contributed by atoms with Crippen molar-refractivity contribution in [2.24, 2.45) is 11.8 Å². The highest BCUT2D eigenvalue weighted by molar-refractivity contribution is 7.19. The van der Waals surface area contributed by atoms with E-state index in [0.29, 0.717) is 5.01 Å². The third-order valence-corrected chi connectivity index (χ3v) is 5.32. The first-order valence-corrected chi connectivity index (χ1v) is 8.73. The Morgan fingerprint density at radius 1 is 1.32 bits per heavy atom. The van der Waals surface area contributed by atoms with Crippen LogP contribution in [0.3, 0.4) is 0 Å². The Kier molecular flexibility index (Phi) is 4.64. The minimum atomic E-state index is -4.69. The second kappa shape index (κ2) is 6.59. The minimum absolute atomic E-state index is 0.133. The van der Waals surface area contributed by atoms with E-state index in [-0.39, 0.29) is 5.13 Å². The van der Waals surface area contributed by atoms with Gasteiger partial charge in [0.15, 0.2) is 0 Å². The van der Waals surface area contributed by atoms with Gasteiger partial charge in [0.1, 0.15) is 5.01 Å². The summed E-state index contributed by atoms with van der Waals surface area (Å²) < 4.78 is 38.9. The summed E-state index contributed by atoms with van der Waals surface area (Å²) in [6, 6.07) is 0.994. The number of nitrogens with one attached hydrogen (secondary N) is 1. The molecule has 2 amide bonds. The third kappa shape index (κ3) is 3.74. The molecule has 0 spiro atoms. The lowest BCUT2D eigenvalue weighted by Gasteiger charge is -2.18. The van der Waals surface area contributed by atoms with Gasteiger partial charge in [-0.2, -0.15) is 24.5 Å². The van der Waals surface area contributed by atoms with Crippen LogP contribution in [-0.4, -0.2) is 51.5 Å². The number of halogens is 3. The number of carboxylic acids is 1. The van der Waals surface area contributed by atoms with Crippen molar-refractivity contribution >= 4 is 39.8 Å². The van der Waals surface area contributed by atoms with Gasteiger partial charge in [-0.1, -0.05) is 11.3 Å². The number of urea groups is 1. The molecule has 0 aromatic carbocycles. The van der Waals surface area contributed by atoms with Crippen molar-refractivity contribution in [1.82, 2.24) is 15.1 Å². The number of thiophene rings is 1. The van der Waals surface area contributed by atoms with Crippen molar-refractivity contribution in [1.29, 1.82) is 0 Å². The van der Waals surface area contributed by atoms with Crippen LogP contribution in [0.4, 0.5) is 23.1 Å². The van der Waals surface area contributed by atoms with Crippen LogP contribution in [0, 0.1) is 11.8 Å². The Labute approximate surface area is 147 Å². The Morgan fingerprint density at radius 2 is 2.08 bits per heavy atom. The average molecular weight is 392 g/mol. The number of carboxylic acid groups (broad SMARTS) is 1. The van der Waals surface area contributed by atoms with E-state index in [0.717, 1.165) is 21.8 Å². The van der Waals surface area contributed by atoms with Gasteiger partial charge in [0, 0.05) is 24.0 Å². The van der Waals surface area contributed by atoms with Gasteiger partial charge >= 0.3 is 18.2 Å². The molecule has 2 aromatic heterocycles. The highest BCUT2D eigenvalue weighted by Gasteiger charge is 2.53. The molecule has 7 nitrogen and oxygen atoms in total. The number of nitrogens with zero attached hydrogens (tertiary/aromatic N) is 3. The maximum absolute atomic E-state index is 13.0. The molecule has 2 aromatic rings. The monoisotopic (exact) mass is 392 g/mol. The lowest BCUT2D eigenvalue weighted by Crippen LogP contribution is -2.35. The molecule has 2 atom stereocenters. The number of aromatic nitrogens is 2. The molecular weight excluding hydrogens is 381 g/mol. The van der Waals surface area contributed by atoms with Crippen LogP contribution in [-0.2, 0) is 4.79 Å². The van der Waals surface area contributed by atoms with Crippen molar-refractivity contribution in [3.8, 4) is 10.6 Å². The van der Waals surface area contributed by atoms with Crippen LogP contribution >= 0.6 is 22.7 Å². The quantitative estimate of drug-likeness (QED) is 0.837. The van der Waals surface area contributed by atoms with Crippen LogP contribution in [0.5, 0.6) is 0 Å². The van der Waals surface area contributed by atoms with Gasteiger partial charge in [-0.25, -0.2) is 4.79 Å². The van der Waals surface area contributed by atoms with Crippen molar-refractivity contribution in [3.63, 3.8) is 0 Å². The molecule has 0 bridgehead atoms. The molecule has 1 saturated heterocycles. The molecular formula is C13H11F3N4O3S2. The molecule has 2 N–H and O–H groups in total. The number of hydrogen-bond acceptors (Lipinski definition) is 6. The summed E-state index contributed by atoms with van der Waals surface area (Å²) in [4.78, 5) is 24.0. The standard InChI is InChI=1S/C13H11F3N4O3S2/c14-13(15,16)8-4-20(3-7(8)10(21)22)12(23)17-11-19-18-9(25-11)6-1-2-24-5-6/h1-2,5,7-8H,3-4H2,(H,21,22)(H,17,19,23)/t7-,8-/m1/s1. The minimum Gasteiger partial charge on any atom is -0.481 e. The zero-order valence-electron chi connectivity index (χ0n) is 12.4. The first kappa shape index (κ1) is 17.6. The molecule has 1 aliphatic rings. The molecule has 0 unspecified atom stereocenters. The summed E-state index contributed by atoms with van der Waals surface area (Å²) in [5.41, 5.74) is 0.826. The maximum Gasteiger partial charge on any atom is 0.394 e. The van der Waals surface area contributed by atoms with Crippen LogP contribution in [0.2, 0.25) is 0 Å². The Balaban J connectivity index is 1.69. The van der Waals surface area contributed by atoms with E-state index in [4.69, 9.17) is 5.11 Å². The van der Waals surface area contributed by atoms with Gasteiger partial charge in [0.25, 0.3) is 0 Å². The number of anilines is 1. The zero-order chi connectivity index (χ0) is 18.2. The number of carbonyl (C=O) groups excluding carboxylic acids is 1. The van der Waals surface area contributed by atoms with Gasteiger partial charge < -0.3 is 10.0 Å². The molecule has 0 aliphatic carbocycles. The number of amides is 2. The highest BCUT2D eigenvalue weighted by Crippen LogP contribution is 2.38. The zero-order valence-corrected chi connectivity index (χ0v) is 14.0. The molecule has 12 heteroatoms. The van der Waals surface area contributed by atoms with E-state index < -0.39 is 43.1 Å².